The Morgan fingerprint density at radius 1 is 1.36 bits per heavy atom. The van der Waals surface area contributed by atoms with E-state index in [1.807, 2.05) is 13.0 Å². The van der Waals surface area contributed by atoms with Gasteiger partial charge in [0.1, 0.15) is 5.75 Å². The van der Waals surface area contributed by atoms with E-state index in [0.717, 1.165) is 31.1 Å². The number of nitrogens with zero attached hydrogens (tertiary/aromatic N) is 1. The Morgan fingerprint density at radius 2 is 2.16 bits per heavy atom. The molecule has 1 aliphatic heterocycles. The molecular weight excluding hydrogens is 340 g/mol. The van der Waals surface area contributed by atoms with Gasteiger partial charge in [0, 0.05) is 6.54 Å². The zero-order chi connectivity index (χ0) is 18.0. The number of hydrogen-bond acceptors (Lipinski definition) is 4. The lowest BCUT2D eigenvalue weighted by molar-refractivity contribution is -0.127. The molecule has 7 heteroatoms. The average Bonchev–Trinajstić information content (AvgIpc) is 2.58. The van der Waals surface area contributed by atoms with Gasteiger partial charge < -0.3 is 10.1 Å². The van der Waals surface area contributed by atoms with Crippen molar-refractivity contribution >= 4 is 21.6 Å². The van der Waals surface area contributed by atoms with Crippen molar-refractivity contribution < 1.29 is 17.9 Å². The molecule has 3 rings (SSSR count). The Labute approximate surface area is 148 Å². The number of aryl methyl sites for hydroxylation is 1. The van der Waals surface area contributed by atoms with Crippen LogP contribution in [0.1, 0.15) is 31.2 Å². The molecule has 1 N–H and O–H groups in total. The fourth-order valence-corrected chi connectivity index (χ4v) is 4.11. The molecule has 136 valence electrons. The van der Waals surface area contributed by atoms with Crippen LogP contribution in [0, 0.1) is 6.92 Å². The van der Waals surface area contributed by atoms with Gasteiger partial charge in [-0.05, 0) is 50.3 Å². The molecule has 0 spiro atoms. The molecule has 2 aliphatic rings. The van der Waals surface area contributed by atoms with Gasteiger partial charge in [-0.2, -0.15) is 0 Å². The quantitative estimate of drug-likeness (QED) is 0.831. The molecule has 0 unspecified atom stereocenters. The maximum atomic E-state index is 12.5. The molecule has 0 saturated heterocycles. The summed E-state index contributed by atoms with van der Waals surface area (Å²) in [6.07, 6.45) is 6.87. The van der Waals surface area contributed by atoms with Gasteiger partial charge in [-0.3, -0.25) is 9.10 Å². The highest BCUT2D eigenvalue weighted by atomic mass is 32.2. The topological polar surface area (TPSA) is 75.7 Å². The van der Waals surface area contributed by atoms with Crippen LogP contribution in [0.4, 0.5) is 5.69 Å². The van der Waals surface area contributed by atoms with E-state index in [9.17, 15) is 13.2 Å². The zero-order valence-electron chi connectivity index (χ0n) is 14.6. The highest BCUT2D eigenvalue weighted by molar-refractivity contribution is 7.92. The number of sulfonamides is 1. The van der Waals surface area contributed by atoms with Gasteiger partial charge in [-0.1, -0.05) is 17.7 Å². The lowest BCUT2D eigenvalue weighted by atomic mass is 10.00. The third kappa shape index (κ3) is 4.15. The van der Waals surface area contributed by atoms with Crippen molar-refractivity contribution in [2.75, 3.05) is 23.7 Å². The summed E-state index contributed by atoms with van der Waals surface area (Å²) in [5.74, 6) is 0.140. The predicted molar refractivity (Wildman–Crippen MR) is 97.3 cm³/mol. The van der Waals surface area contributed by atoms with E-state index >= 15 is 0 Å². The number of rotatable bonds is 4. The molecule has 0 saturated carbocycles. The second-order valence-electron chi connectivity index (χ2n) is 6.70. The molecule has 6 nitrogen and oxygen atoms in total. The van der Waals surface area contributed by atoms with Gasteiger partial charge >= 0.3 is 0 Å². The van der Waals surface area contributed by atoms with Crippen LogP contribution in [0.3, 0.4) is 0 Å². The van der Waals surface area contributed by atoms with E-state index in [1.54, 1.807) is 12.1 Å². The Bertz CT molecular complexity index is 801. The molecule has 1 heterocycles. The van der Waals surface area contributed by atoms with Crippen LogP contribution >= 0.6 is 0 Å². The van der Waals surface area contributed by atoms with Crippen LogP contribution in [0.25, 0.3) is 0 Å². The van der Waals surface area contributed by atoms with Crippen LogP contribution < -0.4 is 14.4 Å². The summed E-state index contributed by atoms with van der Waals surface area (Å²) in [6, 6.07) is 5.31. The Balaban J connectivity index is 1.76. The number of hydrogen-bond donors (Lipinski definition) is 1. The number of fused-ring (bicyclic) bond motifs is 1. The molecule has 0 bridgehead atoms. The molecule has 0 fully saturated rings. The first-order valence-corrected chi connectivity index (χ1v) is 10.4. The molecule has 1 amide bonds. The smallest absolute Gasteiger partial charge is 0.263 e. The largest absolute Gasteiger partial charge is 0.476 e. The molecule has 0 radical (unpaired) electrons. The molecule has 1 aromatic rings. The van der Waals surface area contributed by atoms with Gasteiger partial charge in [-0.25, -0.2) is 8.42 Å². The summed E-state index contributed by atoms with van der Waals surface area (Å²) in [4.78, 5) is 12.5. The third-order valence-corrected chi connectivity index (χ3v) is 5.70. The monoisotopic (exact) mass is 364 g/mol. The van der Waals surface area contributed by atoms with Crippen molar-refractivity contribution in [1.29, 1.82) is 0 Å². The third-order valence-electron chi connectivity index (χ3n) is 4.55. The molecular formula is C18H24N2O4S. The fourth-order valence-electron chi connectivity index (χ4n) is 3.19. The SMILES string of the molecule is Cc1ccc2c(c1)O[C@H](C(=O)NCC1=CCCCC1)CN2S(C)(=O)=O. The standard InChI is InChI=1S/C18H24N2O4S/c1-13-8-9-15-16(10-13)24-17(12-20(15)25(2,22)23)18(21)19-11-14-6-4-3-5-7-14/h6,8-10,17H,3-5,7,11-12H2,1-2H3,(H,19,21)/t17-/m0/s1. The first-order valence-electron chi connectivity index (χ1n) is 8.55. The normalized spacial score (nSPS) is 20.3. The van der Waals surface area contributed by atoms with E-state index in [2.05, 4.69) is 11.4 Å². The minimum absolute atomic E-state index is 0.0141. The second-order valence-corrected chi connectivity index (χ2v) is 8.60. The van der Waals surface area contributed by atoms with E-state index in [1.165, 1.54) is 16.3 Å². The van der Waals surface area contributed by atoms with Crippen molar-refractivity contribution in [3.8, 4) is 5.75 Å². The maximum Gasteiger partial charge on any atom is 0.263 e. The highest BCUT2D eigenvalue weighted by Crippen LogP contribution is 2.35. The van der Waals surface area contributed by atoms with Crippen LogP contribution in [0.5, 0.6) is 5.75 Å². The van der Waals surface area contributed by atoms with E-state index in [-0.39, 0.29) is 12.5 Å². The summed E-state index contributed by atoms with van der Waals surface area (Å²) in [5.41, 5.74) is 2.65. The predicted octanol–water partition coefficient (Wildman–Crippen LogP) is 2.14. The van der Waals surface area contributed by atoms with Crippen molar-refractivity contribution in [2.24, 2.45) is 0 Å². The number of anilines is 1. The summed E-state index contributed by atoms with van der Waals surface area (Å²) in [7, 11) is -3.49. The van der Waals surface area contributed by atoms with Crippen molar-refractivity contribution in [1.82, 2.24) is 5.32 Å². The minimum Gasteiger partial charge on any atom is -0.476 e. The van der Waals surface area contributed by atoms with E-state index in [4.69, 9.17) is 4.74 Å². The Kier molecular flexibility index (Phi) is 5.03. The summed E-state index contributed by atoms with van der Waals surface area (Å²) >= 11 is 0. The molecule has 1 atom stereocenters. The molecule has 0 aromatic heterocycles. The van der Waals surface area contributed by atoms with Gasteiger partial charge in [0.2, 0.25) is 10.0 Å². The fraction of sp³-hybridized carbons (Fsp3) is 0.500. The average molecular weight is 364 g/mol. The summed E-state index contributed by atoms with van der Waals surface area (Å²) in [5, 5.41) is 2.89. The maximum absolute atomic E-state index is 12.5. The van der Waals surface area contributed by atoms with Crippen LogP contribution in [-0.4, -0.2) is 39.8 Å². The molecule has 1 aliphatic carbocycles. The van der Waals surface area contributed by atoms with Crippen molar-refractivity contribution in [2.45, 2.75) is 38.7 Å². The number of amides is 1. The van der Waals surface area contributed by atoms with Crippen LogP contribution in [0.2, 0.25) is 0 Å². The number of carbonyl (C=O) groups is 1. The van der Waals surface area contributed by atoms with Crippen LogP contribution in [0.15, 0.2) is 29.8 Å². The van der Waals surface area contributed by atoms with Crippen molar-refractivity contribution in [3.63, 3.8) is 0 Å². The Hall–Kier alpha value is -2.02. The first kappa shape index (κ1) is 17.8. The van der Waals surface area contributed by atoms with Gasteiger partial charge in [0.25, 0.3) is 5.91 Å². The molecule has 25 heavy (non-hydrogen) atoms. The molecule has 1 aromatic carbocycles. The van der Waals surface area contributed by atoms with Gasteiger partial charge in [0.05, 0.1) is 18.5 Å². The number of allylic oxidation sites excluding steroid dienone is 1. The summed E-state index contributed by atoms with van der Waals surface area (Å²) < 4.78 is 31.3. The van der Waals surface area contributed by atoms with Gasteiger partial charge in [-0.15, -0.1) is 0 Å². The minimum atomic E-state index is -3.49. The lowest BCUT2D eigenvalue weighted by Crippen LogP contribution is -2.50. The number of nitrogens with one attached hydrogen (secondary N) is 1. The zero-order valence-corrected chi connectivity index (χ0v) is 15.4. The number of ether oxygens (including phenoxy) is 1. The Morgan fingerprint density at radius 3 is 2.84 bits per heavy atom. The lowest BCUT2D eigenvalue weighted by Gasteiger charge is -2.34. The van der Waals surface area contributed by atoms with Crippen molar-refractivity contribution in [3.05, 3.63) is 35.4 Å². The highest BCUT2D eigenvalue weighted by Gasteiger charge is 2.35. The first-order chi connectivity index (χ1) is 11.8. The second kappa shape index (κ2) is 7.07. The van der Waals surface area contributed by atoms with E-state index in [0.29, 0.717) is 18.0 Å². The van der Waals surface area contributed by atoms with Crippen LogP contribution in [-0.2, 0) is 14.8 Å². The number of carbonyl (C=O) groups excluding carboxylic acids is 1. The number of benzene rings is 1. The van der Waals surface area contributed by atoms with E-state index < -0.39 is 16.1 Å². The summed E-state index contributed by atoms with van der Waals surface area (Å²) in [6.45, 7) is 2.38. The van der Waals surface area contributed by atoms with Gasteiger partial charge in [0.15, 0.2) is 6.10 Å².